The molecule has 0 atom stereocenters. The first-order valence-electron chi connectivity index (χ1n) is 7.83. The van der Waals surface area contributed by atoms with Crippen LogP contribution in [0.4, 0.5) is 26.3 Å². The smallest absolute Gasteiger partial charge is 0.353 e. The van der Waals surface area contributed by atoms with Gasteiger partial charge in [0.1, 0.15) is 0 Å². The molecule has 1 N–H and O–H groups in total. The van der Waals surface area contributed by atoms with Crippen LogP contribution in [0.25, 0.3) is 0 Å². The van der Waals surface area contributed by atoms with E-state index in [9.17, 15) is 34.8 Å². The summed E-state index contributed by atoms with van der Waals surface area (Å²) in [5.41, 5.74) is -3.42. The van der Waals surface area contributed by atoms with Crippen molar-refractivity contribution >= 4 is 10.0 Å². The molecular formula is C15H19F6NO4S. The van der Waals surface area contributed by atoms with Crippen molar-refractivity contribution in [3.63, 3.8) is 0 Å². The standard InChI is InChI=1S/C15H19F6NO4S/c1-3-25-13(26-4-2)5-6-22-27(23,24)12-8-10(14(16,17)18)7-11(9-12)15(19,20)21/h7-9,13,22H,3-6H2,1-2H3. The largest absolute Gasteiger partial charge is 0.416 e. The molecule has 156 valence electrons. The summed E-state index contributed by atoms with van der Waals surface area (Å²) in [4.78, 5) is -1.13. The first-order valence-corrected chi connectivity index (χ1v) is 9.32. The molecule has 1 aromatic rings. The van der Waals surface area contributed by atoms with Crippen molar-refractivity contribution < 1.29 is 44.2 Å². The summed E-state index contributed by atoms with van der Waals surface area (Å²) in [7, 11) is -4.61. The lowest BCUT2D eigenvalue weighted by Crippen LogP contribution is -2.30. The summed E-state index contributed by atoms with van der Waals surface area (Å²) in [6.45, 7) is 3.61. The van der Waals surface area contributed by atoms with Crippen molar-refractivity contribution in [1.29, 1.82) is 0 Å². The SMILES string of the molecule is CCOC(CCNS(=O)(=O)c1cc(C(F)(F)F)cc(C(F)(F)F)c1)OCC. The minimum Gasteiger partial charge on any atom is -0.353 e. The average Bonchev–Trinajstić information content (AvgIpc) is 2.53. The van der Waals surface area contributed by atoms with E-state index >= 15 is 0 Å². The van der Waals surface area contributed by atoms with Crippen LogP contribution in [0.5, 0.6) is 0 Å². The average molecular weight is 423 g/mol. The Hall–Kier alpha value is -1.37. The third-order valence-corrected chi connectivity index (χ3v) is 4.69. The van der Waals surface area contributed by atoms with E-state index < -0.39 is 44.7 Å². The predicted molar refractivity (Wildman–Crippen MR) is 83.3 cm³/mol. The number of sulfonamides is 1. The van der Waals surface area contributed by atoms with Gasteiger partial charge in [-0.1, -0.05) is 0 Å². The topological polar surface area (TPSA) is 64.6 Å². The molecule has 12 heteroatoms. The third-order valence-electron chi connectivity index (χ3n) is 3.25. The number of alkyl halides is 6. The molecule has 0 saturated carbocycles. The summed E-state index contributed by atoms with van der Waals surface area (Å²) in [6, 6.07) is 0.166. The second-order valence-electron chi connectivity index (χ2n) is 5.27. The minimum atomic E-state index is -5.14. The Bertz CT molecular complexity index is 680. The summed E-state index contributed by atoms with van der Waals surface area (Å²) < 4.78 is 114. The van der Waals surface area contributed by atoms with E-state index in [1.54, 1.807) is 13.8 Å². The van der Waals surface area contributed by atoms with Gasteiger partial charge in [-0.3, -0.25) is 0 Å². The van der Waals surface area contributed by atoms with Gasteiger partial charge in [0, 0.05) is 26.2 Å². The Morgan fingerprint density at radius 1 is 0.926 bits per heavy atom. The van der Waals surface area contributed by atoms with E-state index in [4.69, 9.17) is 9.47 Å². The molecule has 0 amide bonds. The Balaban J connectivity index is 3.08. The molecule has 0 saturated heterocycles. The summed E-state index contributed by atoms with van der Waals surface area (Å²) in [5, 5.41) is 0. The molecule has 0 heterocycles. The molecule has 0 aliphatic carbocycles. The van der Waals surface area contributed by atoms with Gasteiger partial charge in [-0.15, -0.1) is 0 Å². The predicted octanol–water partition coefficient (Wildman–Crippen LogP) is 3.79. The molecule has 0 spiro atoms. The normalized spacial score (nSPS) is 13.4. The van der Waals surface area contributed by atoms with Crippen LogP contribution in [0.3, 0.4) is 0 Å². The van der Waals surface area contributed by atoms with Gasteiger partial charge in [0.25, 0.3) is 0 Å². The molecule has 1 aromatic carbocycles. The van der Waals surface area contributed by atoms with Crippen LogP contribution in [0.1, 0.15) is 31.4 Å². The van der Waals surface area contributed by atoms with Crippen LogP contribution in [0, 0.1) is 0 Å². The van der Waals surface area contributed by atoms with Gasteiger partial charge in [0.05, 0.1) is 16.0 Å². The van der Waals surface area contributed by atoms with E-state index in [0.717, 1.165) is 0 Å². The van der Waals surface area contributed by atoms with Crippen molar-refractivity contribution in [2.24, 2.45) is 0 Å². The van der Waals surface area contributed by atoms with Gasteiger partial charge < -0.3 is 9.47 Å². The lowest BCUT2D eigenvalue weighted by atomic mass is 10.1. The lowest BCUT2D eigenvalue weighted by molar-refractivity contribution is -0.143. The highest BCUT2D eigenvalue weighted by Crippen LogP contribution is 2.37. The number of ether oxygens (including phenoxy) is 2. The van der Waals surface area contributed by atoms with E-state index in [1.807, 2.05) is 4.72 Å². The first kappa shape index (κ1) is 23.7. The Morgan fingerprint density at radius 2 is 1.37 bits per heavy atom. The first-order chi connectivity index (χ1) is 12.3. The molecule has 0 fully saturated rings. The van der Waals surface area contributed by atoms with Crippen molar-refractivity contribution in [3.8, 4) is 0 Å². The molecule has 0 aromatic heterocycles. The maximum atomic E-state index is 12.8. The minimum absolute atomic E-state index is 0.0198. The van der Waals surface area contributed by atoms with Crippen LogP contribution >= 0.6 is 0 Å². The van der Waals surface area contributed by atoms with E-state index in [1.165, 1.54) is 0 Å². The highest BCUT2D eigenvalue weighted by molar-refractivity contribution is 7.89. The fraction of sp³-hybridized carbons (Fsp3) is 0.600. The third kappa shape index (κ3) is 7.28. The number of halogens is 6. The number of hydrogen-bond acceptors (Lipinski definition) is 4. The number of benzene rings is 1. The van der Waals surface area contributed by atoms with Gasteiger partial charge in [-0.05, 0) is 32.0 Å². The van der Waals surface area contributed by atoms with Crippen LogP contribution < -0.4 is 4.72 Å². The quantitative estimate of drug-likeness (QED) is 0.485. The summed E-state index contributed by atoms with van der Waals surface area (Å²) in [5.74, 6) is 0. The molecule has 0 unspecified atom stereocenters. The number of rotatable bonds is 9. The van der Waals surface area contributed by atoms with Crippen LogP contribution in [-0.4, -0.2) is 34.5 Å². The summed E-state index contributed by atoms with van der Waals surface area (Å²) in [6.07, 6.45) is -11.0. The second kappa shape index (κ2) is 9.22. The van der Waals surface area contributed by atoms with Crippen LogP contribution in [0.15, 0.2) is 23.1 Å². The maximum Gasteiger partial charge on any atom is 0.416 e. The molecule has 0 radical (unpaired) electrons. The van der Waals surface area contributed by atoms with Gasteiger partial charge in [-0.25, -0.2) is 13.1 Å². The Kier molecular flexibility index (Phi) is 8.08. The highest BCUT2D eigenvalue weighted by Gasteiger charge is 2.38. The van der Waals surface area contributed by atoms with Gasteiger partial charge in [0.2, 0.25) is 10.0 Å². The fourth-order valence-electron chi connectivity index (χ4n) is 2.06. The molecule has 0 aliphatic rings. The molecule has 1 rings (SSSR count). The highest BCUT2D eigenvalue weighted by atomic mass is 32.2. The van der Waals surface area contributed by atoms with Crippen molar-refractivity contribution in [3.05, 3.63) is 29.3 Å². The van der Waals surface area contributed by atoms with Crippen LogP contribution in [0.2, 0.25) is 0 Å². The zero-order valence-electron chi connectivity index (χ0n) is 14.4. The Morgan fingerprint density at radius 3 is 1.74 bits per heavy atom. The molecule has 0 bridgehead atoms. The fourth-order valence-corrected chi connectivity index (χ4v) is 3.18. The lowest BCUT2D eigenvalue weighted by Gasteiger charge is -2.18. The molecule has 5 nitrogen and oxygen atoms in total. The number of nitrogens with one attached hydrogen (secondary N) is 1. The molecule has 0 aliphatic heterocycles. The molecule has 27 heavy (non-hydrogen) atoms. The second-order valence-corrected chi connectivity index (χ2v) is 7.04. The van der Waals surface area contributed by atoms with Crippen LogP contribution in [-0.2, 0) is 31.8 Å². The Labute approximate surface area is 152 Å². The van der Waals surface area contributed by atoms with E-state index in [2.05, 4.69) is 0 Å². The van der Waals surface area contributed by atoms with Gasteiger partial charge >= 0.3 is 12.4 Å². The van der Waals surface area contributed by atoms with Gasteiger partial charge in [-0.2, -0.15) is 26.3 Å². The van der Waals surface area contributed by atoms with E-state index in [0.29, 0.717) is 0 Å². The monoisotopic (exact) mass is 423 g/mol. The number of hydrogen-bond donors (Lipinski definition) is 1. The zero-order chi connectivity index (χ0) is 20.9. The van der Waals surface area contributed by atoms with Crippen molar-refractivity contribution in [1.82, 2.24) is 4.72 Å². The van der Waals surface area contributed by atoms with Crippen molar-refractivity contribution in [2.75, 3.05) is 19.8 Å². The summed E-state index contributed by atoms with van der Waals surface area (Å²) >= 11 is 0. The molecular weight excluding hydrogens is 404 g/mol. The zero-order valence-corrected chi connectivity index (χ0v) is 15.3. The van der Waals surface area contributed by atoms with E-state index in [-0.39, 0.29) is 44.4 Å². The maximum absolute atomic E-state index is 12.8. The van der Waals surface area contributed by atoms with Gasteiger partial charge in [0.15, 0.2) is 6.29 Å². The van der Waals surface area contributed by atoms with Crippen molar-refractivity contribution in [2.45, 2.75) is 43.8 Å².